The number of hydrogen-bond acceptors (Lipinski definition) is 2. The molecule has 0 atom stereocenters. The number of rotatable bonds is 8. The summed E-state index contributed by atoms with van der Waals surface area (Å²) in [6.45, 7) is 0. The summed E-state index contributed by atoms with van der Waals surface area (Å²) in [5.41, 5.74) is 10.1. The number of benzene rings is 10. The van der Waals surface area contributed by atoms with E-state index in [4.69, 9.17) is 0 Å². The summed E-state index contributed by atoms with van der Waals surface area (Å²) in [6, 6.07) is 73.7. The molecule has 10 aromatic carbocycles. The second kappa shape index (κ2) is 19.0. The first-order valence-corrected chi connectivity index (χ1v) is 25.9. The molecule has 0 radical (unpaired) electrons. The van der Waals surface area contributed by atoms with E-state index in [2.05, 4.69) is 204 Å². The summed E-state index contributed by atoms with van der Waals surface area (Å²) in [5, 5.41) is 12.9. The van der Waals surface area contributed by atoms with Crippen molar-refractivity contribution in [2.75, 3.05) is 9.80 Å². The van der Waals surface area contributed by atoms with E-state index in [1.807, 2.05) is 0 Å². The fourth-order valence-electron chi connectivity index (χ4n) is 12.4. The van der Waals surface area contributed by atoms with Crippen molar-refractivity contribution in [3.63, 3.8) is 0 Å². The maximum atomic E-state index is 2.49. The molecule has 68 heavy (non-hydrogen) atoms. The number of fused-ring (bicyclic) bond motifs is 11. The van der Waals surface area contributed by atoms with E-state index in [0.29, 0.717) is 11.8 Å². The SMILES string of the molecule is c1ccc(N(c2cccc(C3CCCCCCC3)c2)c2ccc3c(c2)c2ccccc2c2c4ccc(N(c5ccccc5)c5cccc(C6CCCCCCC6)c5)cc4c4ccccc4c32)cc1. The molecule has 0 heterocycles. The lowest BCUT2D eigenvalue weighted by atomic mass is 9.85. The topological polar surface area (TPSA) is 6.48 Å². The minimum atomic E-state index is 0.618. The molecule has 0 saturated heterocycles. The van der Waals surface area contributed by atoms with Gasteiger partial charge < -0.3 is 9.80 Å². The monoisotopic (exact) mass is 882 g/mol. The molecule has 2 heteroatoms. The van der Waals surface area contributed by atoms with Gasteiger partial charge in [-0.25, -0.2) is 0 Å². The van der Waals surface area contributed by atoms with Gasteiger partial charge in [-0.2, -0.15) is 0 Å². The third kappa shape index (κ3) is 8.08. The van der Waals surface area contributed by atoms with Crippen LogP contribution in [0.4, 0.5) is 34.1 Å². The molecule has 0 N–H and O–H groups in total. The third-order valence-electron chi connectivity index (χ3n) is 15.7. The first kappa shape index (κ1) is 42.5. The zero-order valence-corrected chi connectivity index (χ0v) is 39.4. The van der Waals surface area contributed by atoms with Gasteiger partial charge in [0, 0.05) is 34.1 Å². The van der Waals surface area contributed by atoms with E-state index >= 15 is 0 Å². The average molecular weight is 883 g/mol. The van der Waals surface area contributed by atoms with Gasteiger partial charge in [0.2, 0.25) is 0 Å². The molecule has 2 aliphatic rings. The molecule has 12 rings (SSSR count). The molecule has 0 spiro atoms. The lowest BCUT2D eigenvalue weighted by Gasteiger charge is -2.28. The largest absolute Gasteiger partial charge is 0.310 e. The molecule has 2 aliphatic carbocycles. The standard InChI is InChI=1S/C66H62N2/c1-3-9-23-47(24-10-4-1)49-27-21-33-53(43-49)67(51-29-13-7-14-30-51)55-39-41-61-63(45-55)57-35-17-19-37-59(57)66-62-42-40-56(46-64(62)58-36-18-20-38-60(58)65(61)66)68(52-31-15-8-16-32-52)54-34-22-28-50(44-54)48-25-11-5-2-6-12-26-48/h7-8,13-22,27-48H,1-6,9-12,23-26H2. The molecule has 0 aliphatic heterocycles. The number of hydrogen-bond donors (Lipinski definition) is 0. The van der Waals surface area contributed by atoms with E-state index in [0.717, 1.165) is 0 Å². The van der Waals surface area contributed by atoms with Crippen LogP contribution in [0.25, 0.3) is 53.9 Å². The van der Waals surface area contributed by atoms with Crippen LogP contribution in [0, 0.1) is 0 Å². The Bertz CT molecular complexity index is 3150. The molecular weight excluding hydrogens is 821 g/mol. The van der Waals surface area contributed by atoms with Crippen molar-refractivity contribution in [2.24, 2.45) is 0 Å². The molecule has 0 amide bonds. The minimum absolute atomic E-state index is 0.618. The van der Waals surface area contributed by atoms with Crippen LogP contribution in [-0.4, -0.2) is 0 Å². The van der Waals surface area contributed by atoms with Gasteiger partial charge in [0.05, 0.1) is 0 Å². The lowest BCUT2D eigenvalue weighted by molar-refractivity contribution is 0.455. The van der Waals surface area contributed by atoms with Crippen LogP contribution < -0.4 is 9.80 Å². The van der Waals surface area contributed by atoms with Crippen LogP contribution in [0.2, 0.25) is 0 Å². The summed E-state index contributed by atoms with van der Waals surface area (Å²) >= 11 is 0. The molecular formula is C66H62N2. The highest BCUT2D eigenvalue weighted by Gasteiger charge is 2.23. The van der Waals surface area contributed by atoms with Crippen molar-refractivity contribution >= 4 is 88.0 Å². The quantitative estimate of drug-likeness (QED) is 0.140. The molecule has 0 unspecified atom stereocenters. The highest BCUT2D eigenvalue weighted by atomic mass is 15.1. The van der Waals surface area contributed by atoms with Gasteiger partial charge in [0.25, 0.3) is 0 Å². The van der Waals surface area contributed by atoms with Crippen LogP contribution in [0.15, 0.2) is 194 Å². The Hall–Kier alpha value is -6.90. The second-order valence-corrected chi connectivity index (χ2v) is 19.9. The minimum Gasteiger partial charge on any atom is -0.310 e. The number of nitrogens with zero attached hydrogens (tertiary/aromatic N) is 2. The van der Waals surface area contributed by atoms with E-state index in [-0.39, 0.29) is 0 Å². The van der Waals surface area contributed by atoms with Crippen LogP contribution in [0.1, 0.15) is 113 Å². The summed E-state index contributed by atoms with van der Waals surface area (Å²) < 4.78 is 0. The molecule has 0 bridgehead atoms. The molecule has 336 valence electrons. The maximum absolute atomic E-state index is 2.49. The van der Waals surface area contributed by atoms with Crippen LogP contribution in [0.3, 0.4) is 0 Å². The van der Waals surface area contributed by atoms with Gasteiger partial charge in [-0.1, -0.05) is 186 Å². The fourth-order valence-corrected chi connectivity index (χ4v) is 12.4. The van der Waals surface area contributed by atoms with E-state index in [1.165, 1.54) is 189 Å². The third-order valence-corrected chi connectivity index (χ3v) is 15.7. The van der Waals surface area contributed by atoms with E-state index in [1.54, 1.807) is 0 Å². The summed E-state index contributed by atoms with van der Waals surface area (Å²) in [7, 11) is 0. The smallest absolute Gasteiger partial charge is 0.0468 e. The Morgan fingerprint density at radius 3 is 0.971 bits per heavy atom. The molecule has 10 aromatic rings. The highest BCUT2D eigenvalue weighted by molar-refractivity contribution is 6.39. The summed E-state index contributed by atoms with van der Waals surface area (Å²) in [6.07, 6.45) is 18.7. The van der Waals surface area contributed by atoms with Crippen molar-refractivity contribution in [2.45, 2.75) is 102 Å². The number of anilines is 6. The van der Waals surface area contributed by atoms with E-state index in [9.17, 15) is 0 Å². The second-order valence-electron chi connectivity index (χ2n) is 19.9. The predicted octanol–water partition coefficient (Wildman–Crippen LogP) is 20.0. The molecule has 2 fully saturated rings. The predicted molar refractivity (Wildman–Crippen MR) is 293 cm³/mol. The first-order valence-electron chi connectivity index (χ1n) is 25.9. The zero-order valence-electron chi connectivity index (χ0n) is 39.4. The normalized spacial score (nSPS) is 15.6. The van der Waals surface area contributed by atoms with Crippen LogP contribution in [-0.2, 0) is 0 Å². The Labute approximate surface area is 402 Å². The Kier molecular flexibility index (Phi) is 11.9. The average Bonchev–Trinajstić information content (AvgIpc) is 3.37. The first-order chi connectivity index (χ1) is 33.8. The van der Waals surface area contributed by atoms with E-state index < -0.39 is 0 Å². The lowest BCUT2D eigenvalue weighted by Crippen LogP contribution is -2.11. The van der Waals surface area contributed by atoms with Gasteiger partial charge in [-0.15, -0.1) is 0 Å². The van der Waals surface area contributed by atoms with Crippen molar-refractivity contribution in [3.05, 3.63) is 205 Å². The van der Waals surface area contributed by atoms with Gasteiger partial charge in [-0.3, -0.25) is 0 Å². The molecule has 2 nitrogen and oxygen atoms in total. The van der Waals surface area contributed by atoms with Crippen LogP contribution >= 0.6 is 0 Å². The van der Waals surface area contributed by atoms with Gasteiger partial charge in [0.15, 0.2) is 0 Å². The van der Waals surface area contributed by atoms with Crippen molar-refractivity contribution in [1.82, 2.24) is 0 Å². The Morgan fingerprint density at radius 2 is 0.559 bits per heavy atom. The van der Waals surface area contributed by atoms with Gasteiger partial charge in [0.1, 0.15) is 0 Å². The van der Waals surface area contributed by atoms with Crippen molar-refractivity contribution in [3.8, 4) is 0 Å². The summed E-state index contributed by atoms with van der Waals surface area (Å²) in [5.74, 6) is 1.24. The fraction of sp³-hybridized carbons (Fsp3) is 0.242. The van der Waals surface area contributed by atoms with Crippen LogP contribution in [0.5, 0.6) is 0 Å². The van der Waals surface area contributed by atoms with Gasteiger partial charge in [-0.05, 0) is 175 Å². The molecule has 2 saturated carbocycles. The Balaban J connectivity index is 1.03. The Morgan fingerprint density at radius 1 is 0.235 bits per heavy atom. The van der Waals surface area contributed by atoms with Crippen molar-refractivity contribution in [1.29, 1.82) is 0 Å². The number of para-hydroxylation sites is 2. The highest BCUT2D eigenvalue weighted by Crippen LogP contribution is 2.48. The zero-order chi connectivity index (χ0) is 45.2. The van der Waals surface area contributed by atoms with Gasteiger partial charge >= 0.3 is 0 Å². The summed E-state index contributed by atoms with van der Waals surface area (Å²) in [4.78, 5) is 4.97. The van der Waals surface area contributed by atoms with Crippen molar-refractivity contribution < 1.29 is 0 Å². The molecule has 0 aromatic heterocycles. The maximum Gasteiger partial charge on any atom is 0.0468 e.